The van der Waals surface area contributed by atoms with Crippen molar-refractivity contribution >= 4 is 40.8 Å². The Hall–Kier alpha value is -4.15. The van der Waals surface area contributed by atoms with Crippen molar-refractivity contribution in [1.29, 1.82) is 5.26 Å². The normalized spacial score (nSPS) is 14.2. The summed E-state index contributed by atoms with van der Waals surface area (Å²) in [6.07, 6.45) is 0. The Labute approximate surface area is 239 Å². The van der Waals surface area contributed by atoms with Gasteiger partial charge in [0.15, 0.2) is 0 Å². The highest BCUT2D eigenvalue weighted by Crippen LogP contribution is 2.44. The van der Waals surface area contributed by atoms with Crippen LogP contribution in [0, 0.1) is 11.3 Å². The molecule has 0 aliphatic carbocycles. The molecular weight excluding hydrogens is 559 g/mol. The second kappa shape index (κ2) is 11.3. The predicted octanol–water partition coefficient (Wildman–Crippen LogP) is 7.66. The fourth-order valence-corrected chi connectivity index (χ4v) is 4.89. The van der Waals surface area contributed by atoms with E-state index in [0.717, 1.165) is 11.1 Å². The predicted molar refractivity (Wildman–Crippen MR) is 149 cm³/mol. The lowest BCUT2D eigenvalue weighted by Crippen LogP contribution is -2.21. The lowest BCUT2D eigenvalue weighted by atomic mass is 9.83. The van der Waals surface area contributed by atoms with Crippen LogP contribution in [0.2, 0.25) is 15.1 Å². The van der Waals surface area contributed by atoms with E-state index < -0.39 is 11.9 Å². The molecule has 194 valence electrons. The second-order valence-electron chi connectivity index (χ2n) is 8.59. The average molecular weight is 578 g/mol. The van der Waals surface area contributed by atoms with Crippen molar-refractivity contribution in [2.45, 2.75) is 12.5 Å². The Bertz CT molecular complexity index is 1660. The number of hydrogen-bond donors (Lipinski definition) is 1. The van der Waals surface area contributed by atoms with Crippen LogP contribution in [-0.4, -0.2) is 5.97 Å². The van der Waals surface area contributed by atoms with Gasteiger partial charge in [-0.1, -0.05) is 71.2 Å². The summed E-state index contributed by atoms with van der Waals surface area (Å²) in [7, 11) is 0. The number of carbonyl (C=O) groups is 1. The highest BCUT2D eigenvalue weighted by atomic mass is 35.5. The zero-order valence-electron chi connectivity index (χ0n) is 20.2. The van der Waals surface area contributed by atoms with Crippen LogP contribution >= 0.6 is 34.8 Å². The second-order valence-corrected chi connectivity index (χ2v) is 9.84. The fourth-order valence-electron chi connectivity index (χ4n) is 4.21. The first-order valence-electron chi connectivity index (χ1n) is 11.7. The van der Waals surface area contributed by atoms with Gasteiger partial charge in [-0.3, -0.25) is 0 Å². The molecule has 2 N–H and O–H groups in total. The minimum absolute atomic E-state index is 0.0381. The molecule has 1 atom stereocenters. The number of allylic oxidation sites excluding steroid dienone is 1. The van der Waals surface area contributed by atoms with Crippen molar-refractivity contribution in [3.63, 3.8) is 0 Å². The van der Waals surface area contributed by atoms with E-state index in [2.05, 4.69) is 6.07 Å². The standard InChI is InChI=1S/C30H19Cl3N2O4/c31-19-9-8-18(26(33)13-19)16-37-20-5-3-4-17(12-20)28-23-11-10-21(14-27(23)39-29(35)24(28)15-34)38-30(36)22-6-1-2-7-25(22)32/h1-14,28H,16,35H2. The van der Waals surface area contributed by atoms with E-state index in [0.29, 0.717) is 27.1 Å². The maximum atomic E-state index is 12.6. The Morgan fingerprint density at radius 3 is 2.51 bits per heavy atom. The Morgan fingerprint density at radius 2 is 1.74 bits per heavy atom. The number of carbonyl (C=O) groups excluding carboxylic acids is 1. The van der Waals surface area contributed by atoms with E-state index in [1.165, 1.54) is 0 Å². The molecule has 6 nitrogen and oxygen atoms in total. The molecule has 4 aromatic carbocycles. The van der Waals surface area contributed by atoms with Crippen LogP contribution in [-0.2, 0) is 6.61 Å². The summed E-state index contributed by atoms with van der Waals surface area (Å²) in [4.78, 5) is 12.6. The van der Waals surface area contributed by atoms with Gasteiger partial charge in [0.1, 0.15) is 35.5 Å². The topological polar surface area (TPSA) is 94.6 Å². The van der Waals surface area contributed by atoms with Crippen LogP contribution in [0.5, 0.6) is 17.2 Å². The van der Waals surface area contributed by atoms with Gasteiger partial charge < -0.3 is 19.9 Å². The third kappa shape index (κ3) is 5.67. The van der Waals surface area contributed by atoms with E-state index in [1.807, 2.05) is 24.3 Å². The minimum Gasteiger partial charge on any atom is -0.489 e. The third-order valence-corrected chi connectivity index (χ3v) is 7.01. The maximum Gasteiger partial charge on any atom is 0.345 e. The number of nitriles is 1. The summed E-state index contributed by atoms with van der Waals surface area (Å²) < 4.78 is 17.3. The zero-order valence-corrected chi connectivity index (χ0v) is 22.4. The van der Waals surface area contributed by atoms with Crippen LogP contribution in [0.3, 0.4) is 0 Å². The number of nitrogens with two attached hydrogens (primary N) is 1. The van der Waals surface area contributed by atoms with E-state index in [-0.39, 0.29) is 34.4 Å². The zero-order chi connectivity index (χ0) is 27.5. The molecule has 0 radical (unpaired) electrons. The maximum absolute atomic E-state index is 12.6. The van der Waals surface area contributed by atoms with Gasteiger partial charge in [-0.05, 0) is 48.0 Å². The van der Waals surface area contributed by atoms with Gasteiger partial charge in [0, 0.05) is 27.2 Å². The molecule has 0 bridgehead atoms. The summed E-state index contributed by atoms with van der Waals surface area (Å²) in [5, 5.41) is 11.2. The molecule has 1 unspecified atom stereocenters. The van der Waals surface area contributed by atoms with Crippen molar-refractivity contribution in [2.24, 2.45) is 5.73 Å². The van der Waals surface area contributed by atoms with E-state index >= 15 is 0 Å². The van der Waals surface area contributed by atoms with Gasteiger partial charge in [-0.2, -0.15) is 5.26 Å². The molecule has 0 spiro atoms. The lowest BCUT2D eigenvalue weighted by molar-refractivity contribution is 0.0734. The molecule has 0 aromatic heterocycles. The quantitative estimate of drug-likeness (QED) is 0.187. The van der Waals surface area contributed by atoms with E-state index in [4.69, 9.17) is 54.7 Å². The van der Waals surface area contributed by atoms with Crippen LogP contribution in [0.1, 0.15) is 33.0 Å². The number of fused-ring (bicyclic) bond motifs is 1. The molecule has 39 heavy (non-hydrogen) atoms. The summed E-state index contributed by atoms with van der Waals surface area (Å²) in [5.41, 5.74) is 8.86. The minimum atomic E-state index is -0.611. The molecule has 1 aliphatic heterocycles. The Morgan fingerprint density at radius 1 is 0.923 bits per heavy atom. The number of halogens is 3. The molecule has 0 saturated carbocycles. The lowest BCUT2D eigenvalue weighted by Gasteiger charge is -2.27. The summed E-state index contributed by atoms with van der Waals surface area (Å²) in [6, 6.07) is 26.2. The average Bonchev–Trinajstić information content (AvgIpc) is 2.92. The van der Waals surface area contributed by atoms with Gasteiger partial charge in [-0.25, -0.2) is 4.79 Å². The molecule has 1 aliphatic rings. The first kappa shape index (κ1) is 26.5. The molecule has 5 rings (SSSR count). The molecule has 0 saturated heterocycles. The van der Waals surface area contributed by atoms with Crippen LogP contribution < -0.4 is 19.9 Å². The molecule has 0 amide bonds. The number of hydrogen-bond acceptors (Lipinski definition) is 6. The molecule has 4 aromatic rings. The highest BCUT2D eigenvalue weighted by molar-refractivity contribution is 6.35. The largest absolute Gasteiger partial charge is 0.489 e. The molecule has 0 fully saturated rings. The SMILES string of the molecule is N#CC1=C(N)Oc2cc(OC(=O)c3ccccc3Cl)ccc2C1c1cccc(OCc2ccc(Cl)cc2Cl)c1. The van der Waals surface area contributed by atoms with Crippen LogP contribution in [0.25, 0.3) is 0 Å². The van der Waals surface area contributed by atoms with E-state index in [1.54, 1.807) is 60.7 Å². The van der Waals surface area contributed by atoms with Gasteiger partial charge in [0.05, 0.1) is 16.5 Å². The van der Waals surface area contributed by atoms with Crippen molar-refractivity contribution in [3.8, 4) is 23.3 Å². The van der Waals surface area contributed by atoms with Crippen LogP contribution in [0.15, 0.2) is 96.4 Å². The number of rotatable bonds is 6. The number of benzene rings is 4. The Kier molecular flexibility index (Phi) is 7.67. The number of esters is 1. The molecule has 9 heteroatoms. The van der Waals surface area contributed by atoms with Crippen molar-refractivity contribution < 1.29 is 19.0 Å². The fraction of sp³-hybridized carbons (Fsp3) is 0.0667. The Balaban J connectivity index is 1.43. The van der Waals surface area contributed by atoms with Gasteiger partial charge in [0.2, 0.25) is 5.88 Å². The van der Waals surface area contributed by atoms with Crippen LogP contribution in [0.4, 0.5) is 0 Å². The monoisotopic (exact) mass is 576 g/mol. The van der Waals surface area contributed by atoms with Gasteiger partial charge >= 0.3 is 5.97 Å². The smallest absolute Gasteiger partial charge is 0.345 e. The first-order chi connectivity index (χ1) is 18.8. The molecule has 1 heterocycles. The van der Waals surface area contributed by atoms with Gasteiger partial charge in [0.25, 0.3) is 0 Å². The third-order valence-electron chi connectivity index (χ3n) is 6.10. The molecular formula is C30H19Cl3N2O4. The van der Waals surface area contributed by atoms with Crippen molar-refractivity contribution in [2.75, 3.05) is 0 Å². The summed E-state index contributed by atoms with van der Waals surface area (Å²) >= 11 is 18.4. The number of ether oxygens (including phenoxy) is 3. The van der Waals surface area contributed by atoms with Gasteiger partial charge in [-0.15, -0.1) is 0 Å². The first-order valence-corrected chi connectivity index (χ1v) is 12.8. The summed E-state index contributed by atoms with van der Waals surface area (Å²) in [6.45, 7) is 0.229. The summed E-state index contributed by atoms with van der Waals surface area (Å²) in [5.74, 6) is -0.00569. The van der Waals surface area contributed by atoms with E-state index in [9.17, 15) is 10.1 Å². The van der Waals surface area contributed by atoms with Crippen molar-refractivity contribution in [1.82, 2.24) is 0 Å². The number of nitrogens with zero attached hydrogens (tertiary/aromatic N) is 1. The van der Waals surface area contributed by atoms with Crippen molar-refractivity contribution in [3.05, 3.63) is 134 Å². The highest BCUT2D eigenvalue weighted by Gasteiger charge is 2.31.